The highest BCUT2D eigenvalue weighted by Crippen LogP contribution is 2.36. The second-order valence-corrected chi connectivity index (χ2v) is 8.82. The molecule has 4 aromatic rings. The Bertz CT molecular complexity index is 1340. The van der Waals surface area contributed by atoms with Gasteiger partial charge in [-0.05, 0) is 36.2 Å². The first kappa shape index (κ1) is 23.3. The summed E-state index contributed by atoms with van der Waals surface area (Å²) in [6.07, 6.45) is 8.84. The second-order valence-electron chi connectivity index (χ2n) is 7.04. The van der Waals surface area contributed by atoms with Crippen molar-refractivity contribution in [1.82, 2.24) is 25.1 Å². The normalized spacial score (nSPS) is 11.2. The molecular weight excluding hydrogens is 468 g/mol. The number of hydrogen-bond acceptors (Lipinski definition) is 10. The third-order valence-corrected chi connectivity index (χ3v) is 6.33. The molecule has 0 saturated heterocycles. The Morgan fingerprint density at radius 2 is 2.18 bits per heavy atom. The maximum Gasteiger partial charge on any atom is 0.192 e. The molecule has 0 amide bonds. The number of pyridine rings is 1. The Morgan fingerprint density at radius 3 is 2.85 bits per heavy atom. The molecule has 4 rings (SSSR count). The number of nitriles is 1. The van der Waals surface area contributed by atoms with Gasteiger partial charge in [-0.25, -0.2) is 4.98 Å². The van der Waals surface area contributed by atoms with Crippen LogP contribution in [0, 0.1) is 11.3 Å². The molecule has 1 aromatic carbocycles. The van der Waals surface area contributed by atoms with Crippen molar-refractivity contribution < 1.29 is 4.74 Å². The predicted octanol–water partition coefficient (Wildman–Crippen LogP) is 4.24. The van der Waals surface area contributed by atoms with Crippen molar-refractivity contribution >= 4 is 34.0 Å². The molecule has 0 unspecified atom stereocenters. The van der Waals surface area contributed by atoms with E-state index in [1.807, 2.05) is 44.0 Å². The van der Waals surface area contributed by atoms with Crippen LogP contribution < -0.4 is 20.5 Å². The van der Waals surface area contributed by atoms with Gasteiger partial charge in [0, 0.05) is 66.2 Å². The van der Waals surface area contributed by atoms with Gasteiger partial charge in [0.05, 0.1) is 23.7 Å². The maximum absolute atomic E-state index is 9.74. The lowest BCUT2D eigenvalue weighted by molar-refractivity contribution is 0.480. The summed E-state index contributed by atoms with van der Waals surface area (Å²) in [6, 6.07) is 9.56. The van der Waals surface area contributed by atoms with Crippen LogP contribution in [0.15, 0.2) is 65.5 Å². The van der Waals surface area contributed by atoms with E-state index in [1.165, 1.54) is 23.3 Å². The third kappa shape index (κ3) is 5.37. The van der Waals surface area contributed by atoms with Gasteiger partial charge in [-0.15, -0.1) is 11.3 Å². The summed E-state index contributed by atoms with van der Waals surface area (Å²) < 4.78 is 11.1. The minimum Gasteiger partial charge on any atom is -0.454 e. The summed E-state index contributed by atoms with van der Waals surface area (Å²) in [6.45, 7) is 0.327. The third-order valence-electron chi connectivity index (χ3n) is 4.73. The van der Waals surface area contributed by atoms with Gasteiger partial charge in [-0.3, -0.25) is 9.67 Å². The van der Waals surface area contributed by atoms with Gasteiger partial charge in [0.25, 0.3) is 0 Å². The van der Waals surface area contributed by atoms with Crippen LogP contribution in [0.5, 0.6) is 11.5 Å². The van der Waals surface area contributed by atoms with Crippen LogP contribution in [0.2, 0.25) is 0 Å². The summed E-state index contributed by atoms with van der Waals surface area (Å²) in [5.41, 5.74) is 9.55. The Hall–Kier alpha value is -3.85. The SMILES string of the molecule is CN/C=C(\CN)c1cc(-c2cnn(C)c2)c(Oc2ccc(SNc3nccs3)cc2C#N)cn1. The smallest absolute Gasteiger partial charge is 0.192 e. The quantitative estimate of drug-likeness (QED) is 0.295. The molecular formula is C23H22N8OS2. The zero-order chi connectivity index (χ0) is 23.9. The van der Waals surface area contributed by atoms with Gasteiger partial charge < -0.3 is 20.5 Å². The number of nitrogens with zero attached hydrogens (tertiary/aromatic N) is 5. The van der Waals surface area contributed by atoms with Crippen molar-refractivity contribution in [2.24, 2.45) is 12.8 Å². The minimum absolute atomic E-state index is 0.327. The highest BCUT2D eigenvalue weighted by Gasteiger charge is 2.15. The topological polar surface area (TPSA) is 127 Å². The molecule has 0 bridgehead atoms. The number of aromatic nitrogens is 4. The Labute approximate surface area is 205 Å². The van der Waals surface area contributed by atoms with Gasteiger partial charge >= 0.3 is 0 Å². The number of anilines is 1. The second kappa shape index (κ2) is 10.8. The molecule has 0 aliphatic heterocycles. The molecule has 172 valence electrons. The van der Waals surface area contributed by atoms with E-state index in [9.17, 15) is 5.26 Å². The summed E-state index contributed by atoms with van der Waals surface area (Å²) in [7, 11) is 3.66. The summed E-state index contributed by atoms with van der Waals surface area (Å²) >= 11 is 2.89. The number of thiazole rings is 1. The molecule has 3 aromatic heterocycles. The highest BCUT2D eigenvalue weighted by atomic mass is 32.2. The lowest BCUT2D eigenvalue weighted by Gasteiger charge is -2.14. The molecule has 34 heavy (non-hydrogen) atoms. The van der Waals surface area contributed by atoms with E-state index in [0.29, 0.717) is 23.6 Å². The van der Waals surface area contributed by atoms with Gasteiger partial charge in [-0.2, -0.15) is 10.4 Å². The Balaban J connectivity index is 1.66. The molecule has 0 aliphatic carbocycles. The van der Waals surface area contributed by atoms with E-state index < -0.39 is 0 Å². The van der Waals surface area contributed by atoms with Crippen LogP contribution in [0.1, 0.15) is 11.3 Å². The number of benzene rings is 1. The highest BCUT2D eigenvalue weighted by molar-refractivity contribution is 8.00. The van der Waals surface area contributed by atoms with E-state index in [-0.39, 0.29) is 0 Å². The predicted molar refractivity (Wildman–Crippen MR) is 135 cm³/mol. The van der Waals surface area contributed by atoms with Crippen molar-refractivity contribution in [2.75, 3.05) is 18.3 Å². The fourth-order valence-electron chi connectivity index (χ4n) is 3.14. The number of ether oxygens (including phenoxy) is 1. The molecule has 4 N–H and O–H groups in total. The van der Waals surface area contributed by atoms with Crippen molar-refractivity contribution in [3.05, 3.63) is 71.9 Å². The average molecular weight is 491 g/mol. The summed E-state index contributed by atoms with van der Waals surface area (Å²) in [5, 5.41) is 19.7. The van der Waals surface area contributed by atoms with Gasteiger partial charge in [0.1, 0.15) is 11.8 Å². The van der Waals surface area contributed by atoms with Crippen LogP contribution >= 0.6 is 23.3 Å². The van der Waals surface area contributed by atoms with E-state index in [0.717, 1.165) is 32.4 Å². The molecule has 0 radical (unpaired) electrons. The van der Waals surface area contributed by atoms with E-state index in [1.54, 1.807) is 35.4 Å². The van der Waals surface area contributed by atoms with Crippen LogP contribution in [0.3, 0.4) is 0 Å². The van der Waals surface area contributed by atoms with Crippen molar-refractivity contribution in [3.8, 4) is 28.7 Å². The Morgan fingerprint density at radius 1 is 1.29 bits per heavy atom. The summed E-state index contributed by atoms with van der Waals surface area (Å²) in [5.74, 6) is 0.945. The monoisotopic (exact) mass is 490 g/mol. The number of nitrogens with one attached hydrogen (secondary N) is 2. The first-order chi connectivity index (χ1) is 16.6. The molecule has 0 saturated carbocycles. The van der Waals surface area contributed by atoms with E-state index in [2.05, 4.69) is 31.2 Å². The zero-order valence-electron chi connectivity index (χ0n) is 18.5. The first-order valence-corrected chi connectivity index (χ1v) is 11.9. The van der Waals surface area contributed by atoms with Gasteiger partial charge in [-0.1, -0.05) is 0 Å². The fraction of sp³-hybridized carbons (Fsp3) is 0.130. The van der Waals surface area contributed by atoms with Crippen molar-refractivity contribution in [3.63, 3.8) is 0 Å². The minimum atomic E-state index is 0.327. The molecule has 0 fully saturated rings. The number of hydrogen-bond donors (Lipinski definition) is 3. The van der Waals surface area contributed by atoms with Crippen LogP contribution in [0.25, 0.3) is 16.7 Å². The molecule has 0 spiro atoms. The lowest BCUT2D eigenvalue weighted by Crippen LogP contribution is -2.08. The van der Waals surface area contributed by atoms with E-state index in [4.69, 9.17) is 10.5 Å². The fourth-order valence-corrected chi connectivity index (χ4v) is 4.40. The number of nitrogens with two attached hydrogens (primary N) is 1. The van der Waals surface area contributed by atoms with Crippen LogP contribution in [-0.4, -0.2) is 33.3 Å². The van der Waals surface area contributed by atoms with Gasteiger partial charge in [0.2, 0.25) is 0 Å². The van der Waals surface area contributed by atoms with Crippen molar-refractivity contribution in [1.29, 1.82) is 5.26 Å². The first-order valence-electron chi connectivity index (χ1n) is 10.2. The van der Waals surface area contributed by atoms with Gasteiger partial charge in [0.15, 0.2) is 10.9 Å². The molecule has 11 heteroatoms. The summed E-state index contributed by atoms with van der Waals surface area (Å²) in [4.78, 5) is 9.60. The van der Waals surface area contributed by atoms with Crippen molar-refractivity contribution in [2.45, 2.75) is 4.90 Å². The maximum atomic E-state index is 9.74. The molecule has 3 heterocycles. The average Bonchev–Trinajstić information content (AvgIpc) is 3.54. The molecule has 0 atom stereocenters. The molecule has 9 nitrogen and oxygen atoms in total. The Kier molecular flexibility index (Phi) is 7.44. The van der Waals surface area contributed by atoms with Crippen LogP contribution in [0.4, 0.5) is 5.13 Å². The zero-order valence-corrected chi connectivity index (χ0v) is 20.2. The van der Waals surface area contributed by atoms with Crippen LogP contribution in [-0.2, 0) is 7.05 Å². The standard InChI is InChI=1S/C23H22N8OS2/c1-26-11-16(10-25)20-8-19(17-12-29-31(2)14-17)22(13-28-20)32-21-4-3-18(7-15(21)9-24)34-30-23-27-5-6-33-23/h3-8,11-14,26H,10,25H2,1-2H3,(H,27,30)/b16-11+. The number of rotatable bonds is 9. The largest absolute Gasteiger partial charge is 0.454 e. The molecule has 0 aliphatic rings. The van der Waals surface area contributed by atoms with E-state index >= 15 is 0 Å². The lowest BCUT2D eigenvalue weighted by atomic mass is 10.1. The number of aryl methyl sites for hydroxylation is 1.